The van der Waals surface area contributed by atoms with Gasteiger partial charge in [0.25, 0.3) is 0 Å². The maximum absolute atomic E-state index is 11.2. The minimum Gasteiger partial charge on any atom is -0.289 e. The summed E-state index contributed by atoms with van der Waals surface area (Å²) in [5.74, 6) is 0.334. The van der Waals surface area contributed by atoms with Gasteiger partial charge in [0.2, 0.25) is 6.65 Å². The second-order valence-corrected chi connectivity index (χ2v) is 6.37. The molecule has 10 heavy (non-hydrogen) atoms. The van der Waals surface area contributed by atoms with Gasteiger partial charge >= 0.3 is 0 Å². The molecule has 0 heterocycles. The highest BCUT2D eigenvalue weighted by atomic mass is 35.7. The lowest BCUT2D eigenvalue weighted by Gasteiger charge is -2.13. The van der Waals surface area contributed by atoms with Crippen molar-refractivity contribution in [2.75, 3.05) is 12.0 Å². The van der Waals surface area contributed by atoms with Crippen LogP contribution in [-0.2, 0) is 4.57 Å². The minimum absolute atomic E-state index is 0.145. The summed E-state index contributed by atoms with van der Waals surface area (Å²) >= 11 is 11.0. The van der Waals surface area contributed by atoms with Crippen molar-refractivity contribution in [2.45, 2.75) is 19.9 Å². The molecule has 1 atom stereocenters. The molecule has 0 rings (SSSR count). The third-order valence-electron chi connectivity index (χ3n) is 0.823. The number of alkyl halides is 1. The van der Waals surface area contributed by atoms with Gasteiger partial charge in [0.15, 0.2) is 0 Å². The summed E-state index contributed by atoms with van der Waals surface area (Å²) in [4.78, 5) is 0. The zero-order chi connectivity index (χ0) is 8.20. The molecule has 0 saturated heterocycles. The van der Waals surface area contributed by atoms with E-state index >= 15 is 0 Å². The quantitative estimate of drug-likeness (QED) is 0.563. The van der Waals surface area contributed by atoms with E-state index in [2.05, 4.69) is 5.09 Å². The first-order chi connectivity index (χ1) is 4.48. The fraction of sp³-hybridized carbons (Fsp3) is 1.00. The van der Waals surface area contributed by atoms with Gasteiger partial charge in [0.05, 0.1) is 0 Å². The summed E-state index contributed by atoms with van der Waals surface area (Å²) in [5, 5.41) is 2.76. The van der Waals surface area contributed by atoms with Crippen LogP contribution in [0.2, 0.25) is 0 Å². The van der Waals surface area contributed by atoms with E-state index in [1.807, 2.05) is 13.8 Å². The van der Waals surface area contributed by atoms with Crippen molar-refractivity contribution in [3.63, 3.8) is 0 Å². The fourth-order valence-corrected chi connectivity index (χ4v) is 3.49. The highest BCUT2D eigenvalue weighted by molar-refractivity contribution is 7.87. The molecule has 62 valence electrons. The summed E-state index contributed by atoms with van der Waals surface area (Å²) in [5.41, 5.74) is 0. The van der Waals surface area contributed by atoms with Crippen LogP contribution in [-0.4, -0.2) is 18.1 Å². The Morgan fingerprint density at radius 2 is 2.10 bits per heavy atom. The standard InChI is InChI=1S/C5H12Cl2NOP/c1-5(2)8-10(7,9)4-3-6/h5H,3-4H2,1-2H3,(H,8,9). The van der Waals surface area contributed by atoms with Crippen molar-refractivity contribution < 1.29 is 4.57 Å². The molecule has 0 radical (unpaired) electrons. The van der Waals surface area contributed by atoms with Crippen LogP contribution in [0, 0.1) is 0 Å². The van der Waals surface area contributed by atoms with Gasteiger partial charge in [-0.3, -0.25) is 9.65 Å². The monoisotopic (exact) mass is 203 g/mol. The highest BCUT2D eigenvalue weighted by Crippen LogP contribution is 2.46. The van der Waals surface area contributed by atoms with Crippen LogP contribution in [0.15, 0.2) is 0 Å². The van der Waals surface area contributed by atoms with Gasteiger partial charge in [-0.2, -0.15) is 0 Å². The maximum Gasteiger partial charge on any atom is 0.233 e. The summed E-state index contributed by atoms with van der Waals surface area (Å²) in [6.07, 6.45) is 0.342. The van der Waals surface area contributed by atoms with Gasteiger partial charge in [-0.25, -0.2) is 0 Å². The second-order valence-electron chi connectivity index (χ2n) is 2.35. The zero-order valence-electron chi connectivity index (χ0n) is 6.10. The van der Waals surface area contributed by atoms with E-state index in [9.17, 15) is 4.57 Å². The molecular weight excluding hydrogens is 192 g/mol. The van der Waals surface area contributed by atoms with Crippen molar-refractivity contribution in [1.29, 1.82) is 0 Å². The average Bonchev–Trinajstić information content (AvgIpc) is 1.59. The number of nitrogens with one attached hydrogen (secondary N) is 1. The molecule has 1 unspecified atom stereocenters. The Bertz CT molecular complexity index is 140. The molecule has 0 saturated carbocycles. The molecule has 0 bridgehead atoms. The van der Waals surface area contributed by atoms with Crippen LogP contribution in [0.1, 0.15) is 13.8 Å². The van der Waals surface area contributed by atoms with Crippen molar-refractivity contribution >= 4 is 29.5 Å². The maximum atomic E-state index is 11.2. The van der Waals surface area contributed by atoms with Gasteiger partial charge in [0.1, 0.15) is 0 Å². The smallest absolute Gasteiger partial charge is 0.233 e. The predicted molar refractivity (Wildman–Crippen MR) is 47.3 cm³/mol. The first-order valence-electron chi connectivity index (χ1n) is 3.10. The van der Waals surface area contributed by atoms with Gasteiger partial charge < -0.3 is 0 Å². The van der Waals surface area contributed by atoms with Gasteiger partial charge in [-0.1, -0.05) is 0 Å². The van der Waals surface area contributed by atoms with Crippen LogP contribution in [0.3, 0.4) is 0 Å². The second kappa shape index (κ2) is 4.61. The van der Waals surface area contributed by atoms with Crippen molar-refractivity contribution in [3.05, 3.63) is 0 Å². The van der Waals surface area contributed by atoms with E-state index < -0.39 is 6.65 Å². The molecule has 0 aromatic rings. The van der Waals surface area contributed by atoms with Crippen LogP contribution in [0.4, 0.5) is 0 Å². The molecule has 0 amide bonds. The predicted octanol–water partition coefficient (Wildman–Crippen LogP) is 2.66. The summed E-state index contributed by atoms with van der Waals surface area (Å²) < 4.78 is 11.2. The first-order valence-corrected chi connectivity index (χ1v) is 6.43. The molecule has 0 aliphatic rings. The van der Waals surface area contributed by atoms with Gasteiger partial charge in [-0.15, -0.1) is 11.6 Å². The number of rotatable bonds is 4. The SMILES string of the molecule is CC(C)NP(=O)(Cl)CCCl. The Morgan fingerprint density at radius 3 is 2.40 bits per heavy atom. The largest absolute Gasteiger partial charge is 0.289 e. The Labute approximate surface area is 71.5 Å². The molecule has 0 aromatic carbocycles. The Hall–Kier alpha value is 0.770. The van der Waals surface area contributed by atoms with Crippen LogP contribution in [0.5, 0.6) is 0 Å². The van der Waals surface area contributed by atoms with E-state index in [4.69, 9.17) is 22.8 Å². The number of halogens is 2. The highest BCUT2D eigenvalue weighted by Gasteiger charge is 2.17. The lowest BCUT2D eigenvalue weighted by Crippen LogP contribution is -2.18. The number of hydrogen-bond acceptors (Lipinski definition) is 1. The first kappa shape index (κ1) is 10.8. The molecule has 0 spiro atoms. The summed E-state index contributed by atoms with van der Waals surface area (Å²) in [7, 11) is 0. The van der Waals surface area contributed by atoms with Crippen molar-refractivity contribution in [1.82, 2.24) is 5.09 Å². The van der Waals surface area contributed by atoms with Crippen LogP contribution < -0.4 is 5.09 Å². The van der Waals surface area contributed by atoms with Crippen molar-refractivity contribution in [3.8, 4) is 0 Å². The lowest BCUT2D eigenvalue weighted by atomic mass is 10.4. The van der Waals surface area contributed by atoms with Crippen LogP contribution >= 0.6 is 29.5 Å². The Balaban J connectivity index is 3.75. The fourth-order valence-electron chi connectivity index (χ4n) is 0.559. The molecule has 0 aromatic heterocycles. The van der Waals surface area contributed by atoms with Crippen molar-refractivity contribution in [2.24, 2.45) is 0 Å². The molecule has 0 aliphatic heterocycles. The zero-order valence-corrected chi connectivity index (χ0v) is 8.51. The van der Waals surface area contributed by atoms with E-state index in [0.717, 1.165) is 0 Å². The normalized spacial score (nSPS) is 17.3. The molecule has 1 N–H and O–H groups in total. The van der Waals surface area contributed by atoms with E-state index in [0.29, 0.717) is 12.0 Å². The van der Waals surface area contributed by atoms with E-state index in [1.54, 1.807) is 0 Å². The summed E-state index contributed by atoms with van der Waals surface area (Å²) in [6, 6.07) is 0.145. The van der Waals surface area contributed by atoms with E-state index in [1.165, 1.54) is 0 Å². The third-order valence-corrected chi connectivity index (χ3v) is 3.78. The number of hydrogen-bond donors (Lipinski definition) is 1. The van der Waals surface area contributed by atoms with E-state index in [-0.39, 0.29) is 6.04 Å². The molecule has 2 nitrogen and oxygen atoms in total. The average molecular weight is 204 g/mol. The van der Waals surface area contributed by atoms with Gasteiger partial charge in [0, 0.05) is 18.1 Å². The topological polar surface area (TPSA) is 29.1 Å². The molecule has 0 fully saturated rings. The molecule has 0 aliphatic carbocycles. The van der Waals surface area contributed by atoms with Crippen LogP contribution in [0.25, 0.3) is 0 Å². The lowest BCUT2D eigenvalue weighted by molar-refractivity contribution is 0.568. The molecular formula is C5H12Cl2NOP. The summed E-state index contributed by atoms with van der Waals surface area (Å²) in [6.45, 7) is 1.13. The Morgan fingerprint density at radius 1 is 1.60 bits per heavy atom. The Kier molecular flexibility index (Phi) is 4.96. The van der Waals surface area contributed by atoms with Gasteiger partial charge in [-0.05, 0) is 25.1 Å². The minimum atomic E-state index is -2.66. The third kappa shape index (κ3) is 5.55. The molecule has 5 heteroatoms.